The molecular formula is C14H22O4. The van der Waals surface area contributed by atoms with E-state index >= 15 is 0 Å². The quantitative estimate of drug-likeness (QED) is 0.554. The summed E-state index contributed by atoms with van der Waals surface area (Å²) in [6, 6.07) is 0. The number of ketones is 1. The van der Waals surface area contributed by atoms with Gasteiger partial charge in [0.25, 0.3) is 0 Å². The zero-order chi connectivity index (χ0) is 13.1. The Morgan fingerprint density at radius 2 is 1.56 bits per heavy atom. The Morgan fingerprint density at radius 1 is 1.00 bits per heavy atom. The molecule has 3 aliphatic rings. The molecule has 2 bridgehead atoms. The molecule has 0 amide bonds. The summed E-state index contributed by atoms with van der Waals surface area (Å²) >= 11 is 0. The normalized spacial score (nSPS) is 34.3. The first-order valence-corrected chi connectivity index (χ1v) is 6.81. The van der Waals surface area contributed by atoms with Crippen LogP contribution in [-0.4, -0.2) is 32.1 Å². The van der Waals surface area contributed by atoms with Crippen molar-refractivity contribution in [3.05, 3.63) is 0 Å². The summed E-state index contributed by atoms with van der Waals surface area (Å²) in [6.45, 7) is 2.31. The van der Waals surface area contributed by atoms with Crippen molar-refractivity contribution in [1.29, 1.82) is 0 Å². The van der Waals surface area contributed by atoms with Crippen LogP contribution in [0.1, 0.15) is 32.6 Å². The lowest BCUT2D eigenvalue weighted by Gasteiger charge is -2.46. The minimum absolute atomic E-state index is 0.104. The smallest absolute Gasteiger partial charge is 0.310 e. The Kier molecular flexibility index (Phi) is 4.38. The molecule has 2 atom stereocenters. The van der Waals surface area contributed by atoms with Crippen LogP contribution in [0, 0.1) is 23.7 Å². The van der Waals surface area contributed by atoms with Crippen LogP contribution in [0.15, 0.2) is 0 Å². The minimum Gasteiger partial charge on any atom is -0.463 e. The van der Waals surface area contributed by atoms with Crippen LogP contribution >= 0.6 is 0 Å². The third kappa shape index (κ3) is 2.58. The molecule has 4 heteroatoms. The zero-order valence-corrected chi connectivity index (χ0v) is 11.2. The predicted molar refractivity (Wildman–Crippen MR) is 65.9 cm³/mol. The highest BCUT2D eigenvalue weighted by Crippen LogP contribution is 2.49. The minimum atomic E-state index is -0.202. The van der Waals surface area contributed by atoms with E-state index in [9.17, 15) is 9.59 Å². The van der Waals surface area contributed by atoms with E-state index in [-0.39, 0.29) is 30.2 Å². The summed E-state index contributed by atoms with van der Waals surface area (Å²) in [5.74, 6) is 0.394. The lowest BCUT2D eigenvalue weighted by Crippen LogP contribution is -2.47. The number of hydrogen-bond acceptors (Lipinski definition) is 4. The molecule has 3 saturated carbocycles. The van der Waals surface area contributed by atoms with Gasteiger partial charge in [-0.15, -0.1) is 0 Å². The van der Waals surface area contributed by atoms with Crippen LogP contribution in [0.5, 0.6) is 0 Å². The van der Waals surface area contributed by atoms with E-state index in [0.29, 0.717) is 18.4 Å². The first-order chi connectivity index (χ1) is 8.65. The molecule has 3 fully saturated rings. The maximum atomic E-state index is 12.1. The van der Waals surface area contributed by atoms with Crippen LogP contribution in [0.4, 0.5) is 0 Å². The number of Topliss-reactive ketones (excluding diaryl/α,β-unsaturated/α-hetero) is 1. The van der Waals surface area contributed by atoms with Crippen LogP contribution in [-0.2, 0) is 19.1 Å². The molecule has 0 N–H and O–H groups in total. The van der Waals surface area contributed by atoms with Gasteiger partial charge in [0, 0.05) is 13.0 Å². The number of carbonyl (C=O) groups is 2. The van der Waals surface area contributed by atoms with Crippen molar-refractivity contribution < 1.29 is 19.1 Å². The van der Waals surface area contributed by atoms with Crippen molar-refractivity contribution in [2.24, 2.45) is 23.7 Å². The Hall–Kier alpha value is -0.900. The van der Waals surface area contributed by atoms with Crippen LogP contribution < -0.4 is 0 Å². The molecule has 0 radical (unpaired) electrons. The van der Waals surface area contributed by atoms with Gasteiger partial charge in [0.15, 0.2) is 0 Å². The van der Waals surface area contributed by atoms with Crippen molar-refractivity contribution in [2.45, 2.75) is 32.6 Å². The van der Waals surface area contributed by atoms with Gasteiger partial charge in [0.05, 0.1) is 12.5 Å². The van der Waals surface area contributed by atoms with E-state index < -0.39 is 0 Å². The average molecular weight is 254 g/mol. The topological polar surface area (TPSA) is 52.6 Å². The highest BCUT2D eigenvalue weighted by molar-refractivity contribution is 5.86. The lowest BCUT2D eigenvalue weighted by molar-refractivity contribution is -0.163. The van der Waals surface area contributed by atoms with Gasteiger partial charge in [0.1, 0.15) is 12.4 Å². The highest BCUT2D eigenvalue weighted by atomic mass is 16.6. The van der Waals surface area contributed by atoms with Crippen molar-refractivity contribution in [2.75, 3.05) is 20.3 Å². The Labute approximate surface area is 108 Å². The number of esters is 1. The summed E-state index contributed by atoms with van der Waals surface area (Å²) in [6.07, 6.45) is 4.32. The van der Waals surface area contributed by atoms with Gasteiger partial charge in [0.2, 0.25) is 0 Å². The Bertz CT molecular complexity index is 318. The number of rotatable bonds is 5. The fraction of sp³-hybridized carbons (Fsp3) is 0.857. The van der Waals surface area contributed by atoms with E-state index in [2.05, 4.69) is 0 Å². The third-order valence-corrected chi connectivity index (χ3v) is 4.49. The summed E-state index contributed by atoms with van der Waals surface area (Å²) in [5.41, 5.74) is 0. The van der Waals surface area contributed by atoms with Crippen LogP contribution in [0.2, 0.25) is 0 Å². The van der Waals surface area contributed by atoms with Crippen LogP contribution in [0.25, 0.3) is 0 Å². The summed E-state index contributed by atoms with van der Waals surface area (Å²) in [7, 11) is 1.58. The Morgan fingerprint density at radius 3 is 2.06 bits per heavy atom. The molecule has 0 heterocycles. The van der Waals surface area contributed by atoms with E-state index in [1.807, 2.05) is 0 Å². The standard InChI is InChI=1S/C14H22O4/c1-9(15)12-10-3-5-11(6-4-10)13(12)14(16)18-8-7-17-2/h10-13H,3-8H2,1-2H3. The van der Waals surface area contributed by atoms with E-state index in [4.69, 9.17) is 9.47 Å². The highest BCUT2D eigenvalue weighted by Gasteiger charge is 2.49. The number of hydrogen-bond donors (Lipinski definition) is 0. The molecule has 3 rings (SSSR count). The molecule has 0 aromatic rings. The number of carbonyl (C=O) groups excluding carboxylic acids is 2. The van der Waals surface area contributed by atoms with Gasteiger partial charge >= 0.3 is 5.97 Å². The summed E-state index contributed by atoms with van der Waals surface area (Å²) in [5, 5.41) is 0. The van der Waals surface area contributed by atoms with Crippen molar-refractivity contribution in [3.8, 4) is 0 Å². The first kappa shape index (κ1) is 13.5. The Balaban J connectivity index is 2.03. The molecule has 2 unspecified atom stereocenters. The van der Waals surface area contributed by atoms with Crippen molar-refractivity contribution in [3.63, 3.8) is 0 Å². The lowest BCUT2D eigenvalue weighted by atomic mass is 9.57. The third-order valence-electron chi connectivity index (χ3n) is 4.49. The maximum absolute atomic E-state index is 12.1. The number of methoxy groups -OCH3 is 1. The van der Waals surface area contributed by atoms with Gasteiger partial charge in [-0.2, -0.15) is 0 Å². The maximum Gasteiger partial charge on any atom is 0.310 e. The van der Waals surface area contributed by atoms with Gasteiger partial charge in [-0.25, -0.2) is 0 Å². The monoisotopic (exact) mass is 254 g/mol. The molecule has 3 aliphatic carbocycles. The average Bonchev–Trinajstić information content (AvgIpc) is 2.39. The summed E-state index contributed by atoms with van der Waals surface area (Å²) < 4.78 is 10.1. The molecule has 0 aromatic heterocycles. The number of fused-ring (bicyclic) bond motifs is 3. The molecule has 18 heavy (non-hydrogen) atoms. The molecule has 4 nitrogen and oxygen atoms in total. The molecule has 102 valence electrons. The second-order valence-corrected chi connectivity index (χ2v) is 5.50. The van der Waals surface area contributed by atoms with Gasteiger partial charge in [-0.3, -0.25) is 9.59 Å². The van der Waals surface area contributed by atoms with E-state index in [0.717, 1.165) is 25.7 Å². The molecule has 0 saturated heterocycles. The molecular weight excluding hydrogens is 232 g/mol. The second-order valence-electron chi connectivity index (χ2n) is 5.50. The zero-order valence-electron chi connectivity index (χ0n) is 11.2. The second kappa shape index (κ2) is 5.83. The molecule has 0 spiro atoms. The molecule has 0 aromatic carbocycles. The van der Waals surface area contributed by atoms with Gasteiger partial charge in [-0.05, 0) is 44.4 Å². The van der Waals surface area contributed by atoms with E-state index in [1.54, 1.807) is 14.0 Å². The number of ether oxygens (including phenoxy) is 2. The van der Waals surface area contributed by atoms with E-state index in [1.165, 1.54) is 0 Å². The van der Waals surface area contributed by atoms with Crippen LogP contribution in [0.3, 0.4) is 0 Å². The fourth-order valence-corrected chi connectivity index (χ4v) is 3.70. The SMILES string of the molecule is COCCOC(=O)C1C2CCC(CC2)C1C(C)=O. The fourth-order valence-electron chi connectivity index (χ4n) is 3.70. The van der Waals surface area contributed by atoms with Crippen molar-refractivity contribution >= 4 is 11.8 Å². The molecule has 0 aliphatic heterocycles. The first-order valence-electron chi connectivity index (χ1n) is 6.81. The predicted octanol–water partition coefficient (Wildman–Crippen LogP) is 1.82. The van der Waals surface area contributed by atoms with Gasteiger partial charge in [-0.1, -0.05) is 0 Å². The largest absolute Gasteiger partial charge is 0.463 e. The van der Waals surface area contributed by atoms with Gasteiger partial charge < -0.3 is 9.47 Å². The van der Waals surface area contributed by atoms with Crippen molar-refractivity contribution in [1.82, 2.24) is 0 Å². The summed E-state index contributed by atoms with van der Waals surface area (Å²) in [4.78, 5) is 23.9.